The lowest BCUT2D eigenvalue weighted by Gasteiger charge is -2.25. The highest BCUT2D eigenvalue weighted by Crippen LogP contribution is 2.48. The van der Waals surface area contributed by atoms with Gasteiger partial charge in [-0.3, -0.25) is 4.79 Å². The van der Waals surface area contributed by atoms with Gasteiger partial charge in [-0.05, 0) is 44.2 Å². The van der Waals surface area contributed by atoms with Gasteiger partial charge >= 0.3 is 6.03 Å². The molecule has 2 saturated heterocycles. The van der Waals surface area contributed by atoms with Crippen LogP contribution in [0, 0.1) is 12.8 Å². The van der Waals surface area contributed by atoms with E-state index in [4.69, 9.17) is 4.42 Å². The molecule has 3 amide bonds. The molecule has 2 aliphatic heterocycles. The summed E-state index contributed by atoms with van der Waals surface area (Å²) < 4.78 is 5.73. The molecule has 5 rings (SSSR count). The van der Waals surface area contributed by atoms with Gasteiger partial charge in [0.05, 0.1) is 0 Å². The second-order valence-electron chi connectivity index (χ2n) is 6.54. The van der Waals surface area contributed by atoms with Crippen LogP contribution in [0.3, 0.4) is 0 Å². The smallest absolute Gasteiger partial charge is 0.332 e. The third-order valence-corrected chi connectivity index (χ3v) is 5.43. The Hall–Kier alpha value is -2.30. The minimum absolute atomic E-state index is 0.0770. The molecule has 0 N–H and O–H groups in total. The first-order valence-corrected chi connectivity index (χ1v) is 7.81. The Morgan fingerprint density at radius 1 is 1.18 bits per heavy atom. The van der Waals surface area contributed by atoms with E-state index in [0.717, 1.165) is 24.6 Å². The minimum Gasteiger partial charge on any atom is -0.459 e. The van der Waals surface area contributed by atoms with Gasteiger partial charge in [0.2, 0.25) is 0 Å². The van der Waals surface area contributed by atoms with E-state index in [9.17, 15) is 9.59 Å². The first kappa shape index (κ1) is 12.3. The Morgan fingerprint density at radius 3 is 2.82 bits per heavy atom. The summed E-state index contributed by atoms with van der Waals surface area (Å²) >= 11 is 0. The van der Waals surface area contributed by atoms with Gasteiger partial charge in [0.25, 0.3) is 5.91 Å². The normalized spacial score (nSPS) is 30.0. The number of aryl methyl sites for hydroxylation is 1. The molecular weight excluding hydrogens is 280 g/mol. The van der Waals surface area contributed by atoms with Crippen LogP contribution in [0.25, 0.3) is 11.0 Å². The molecule has 22 heavy (non-hydrogen) atoms. The maximum absolute atomic E-state index is 12.9. The van der Waals surface area contributed by atoms with Crippen LogP contribution in [-0.2, 0) is 4.79 Å². The van der Waals surface area contributed by atoms with Crippen molar-refractivity contribution in [2.75, 3.05) is 4.90 Å². The standard InChI is InChI=1S/C17H16N2O3/c1-9-14(12-4-2-3-5-13(12)22-9)19-16(20)15-10-6-7-11(8-10)18(15)17(19)21/h2-5,10-11,15H,6-8H2,1H3. The first-order chi connectivity index (χ1) is 10.7. The zero-order valence-electron chi connectivity index (χ0n) is 12.3. The fraction of sp³-hybridized carbons (Fsp3) is 0.412. The van der Waals surface area contributed by atoms with Crippen LogP contribution in [0.2, 0.25) is 0 Å². The van der Waals surface area contributed by atoms with Gasteiger partial charge in [-0.1, -0.05) is 12.1 Å². The van der Waals surface area contributed by atoms with E-state index in [1.807, 2.05) is 36.1 Å². The molecular formula is C17H16N2O3. The fourth-order valence-electron chi connectivity index (χ4n) is 4.56. The van der Waals surface area contributed by atoms with Gasteiger partial charge in [0.15, 0.2) is 0 Å². The van der Waals surface area contributed by atoms with Crippen LogP contribution in [0.1, 0.15) is 25.0 Å². The molecule has 2 aromatic rings. The molecule has 0 radical (unpaired) electrons. The van der Waals surface area contributed by atoms with Crippen molar-refractivity contribution < 1.29 is 14.0 Å². The van der Waals surface area contributed by atoms with Crippen molar-refractivity contribution in [3.63, 3.8) is 0 Å². The molecule has 3 aliphatic rings. The number of nitrogens with zero attached hydrogens (tertiary/aromatic N) is 2. The van der Waals surface area contributed by atoms with E-state index < -0.39 is 0 Å². The van der Waals surface area contributed by atoms with Crippen molar-refractivity contribution in [3.8, 4) is 0 Å². The van der Waals surface area contributed by atoms with Gasteiger partial charge < -0.3 is 9.32 Å². The summed E-state index contributed by atoms with van der Waals surface area (Å²) in [5, 5.41) is 0.829. The second kappa shape index (κ2) is 3.91. The van der Waals surface area contributed by atoms with E-state index in [1.165, 1.54) is 4.90 Å². The number of para-hydroxylation sites is 1. The Bertz CT molecular complexity index is 796. The molecule has 1 aliphatic carbocycles. The summed E-state index contributed by atoms with van der Waals surface area (Å²) in [6.07, 6.45) is 3.07. The summed E-state index contributed by atoms with van der Waals surface area (Å²) in [5.41, 5.74) is 1.34. The monoisotopic (exact) mass is 296 g/mol. The molecule has 1 aromatic heterocycles. The highest BCUT2D eigenvalue weighted by atomic mass is 16.3. The number of benzene rings is 1. The molecule has 1 saturated carbocycles. The number of rotatable bonds is 1. The third kappa shape index (κ3) is 1.30. The number of furan rings is 1. The minimum atomic E-state index is -0.251. The zero-order chi connectivity index (χ0) is 15.0. The van der Waals surface area contributed by atoms with Gasteiger partial charge in [0, 0.05) is 11.4 Å². The van der Waals surface area contributed by atoms with Crippen LogP contribution < -0.4 is 4.90 Å². The molecule has 112 valence electrons. The van der Waals surface area contributed by atoms with E-state index in [1.54, 1.807) is 0 Å². The molecule has 3 atom stereocenters. The van der Waals surface area contributed by atoms with Gasteiger partial charge in [-0.15, -0.1) is 0 Å². The summed E-state index contributed by atoms with van der Waals surface area (Å²) in [6.45, 7) is 1.81. The average molecular weight is 296 g/mol. The highest BCUT2D eigenvalue weighted by molar-refractivity contribution is 6.25. The number of hydrogen-bond donors (Lipinski definition) is 0. The van der Waals surface area contributed by atoms with Crippen LogP contribution in [0.4, 0.5) is 10.5 Å². The predicted octanol–water partition coefficient (Wildman–Crippen LogP) is 3.06. The summed E-state index contributed by atoms with van der Waals surface area (Å²) in [4.78, 5) is 28.9. The number of anilines is 1. The van der Waals surface area contributed by atoms with E-state index in [0.29, 0.717) is 22.9 Å². The van der Waals surface area contributed by atoms with Gasteiger partial charge in [-0.2, -0.15) is 0 Å². The molecule has 3 heterocycles. The van der Waals surface area contributed by atoms with Crippen LogP contribution in [0.5, 0.6) is 0 Å². The average Bonchev–Trinajstić information content (AvgIpc) is 3.23. The predicted molar refractivity (Wildman–Crippen MR) is 80.6 cm³/mol. The lowest BCUT2D eigenvalue weighted by atomic mass is 9.99. The maximum atomic E-state index is 12.9. The van der Waals surface area contributed by atoms with Crippen LogP contribution in [-0.4, -0.2) is 28.9 Å². The molecule has 5 heteroatoms. The summed E-state index contributed by atoms with van der Waals surface area (Å²) in [7, 11) is 0. The van der Waals surface area contributed by atoms with Crippen molar-refractivity contribution in [1.82, 2.24) is 4.90 Å². The number of carbonyl (C=O) groups is 2. The fourth-order valence-corrected chi connectivity index (χ4v) is 4.56. The zero-order valence-corrected chi connectivity index (χ0v) is 12.3. The highest BCUT2D eigenvalue weighted by Gasteiger charge is 2.59. The van der Waals surface area contributed by atoms with E-state index in [-0.39, 0.29) is 24.0 Å². The first-order valence-electron chi connectivity index (χ1n) is 7.81. The van der Waals surface area contributed by atoms with Crippen molar-refractivity contribution in [2.45, 2.75) is 38.3 Å². The molecule has 5 nitrogen and oxygen atoms in total. The van der Waals surface area contributed by atoms with Crippen molar-refractivity contribution in [1.29, 1.82) is 0 Å². The van der Waals surface area contributed by atoms with Crippen molar-refractivity contribution in [2.24, 2.45) is 5.92 Å². The topological polar surface area (TPSA) is 53.8 Å². The Labute approximate surface area is 127 Å². The van der Waals surface area contributed by atoms with Crippen molar-refractivity contribution >= 4 is 28.6 Å². The molecule has 0 spiro atoms. The quantitative estimate of drug-likeness (QED) is 0.760. The van der Waals surface area contributed by atoms with E-state index >= 15 is 0 Å². The Balaban J connectivity index is 1.68. The Kier molecular flexibility index (Phi) is 2.18. The van der Waals surface area contributed by atoms with Gasteiger partial charge in [0.1, 0.15) is 23.1 Å². The van der Waals surface area contributed by atoms with Gasteiger partial charge in [-0.25, -0.2) is 9.69 Å². The molecule has 3 fully saturated rings. The number of piperidine rings is 1. The molecule has 2 bridgehead atoms. The number of urea groups is 1. The number of imide groups is 1. The Morgan fingerprint density at radius 2 is 2.00 bits per heavy atom. The number of fused-ring (bicyclic) bond motifs is 6. The lowest BCUT2D eigenvalue weighted by Crippen LogP contribution is -2.40. The summed E-state index contributed by atoms with van der Waals surface area (Å²) in [6, 6.07) is 7.38. The van der Waals surface area contributed by atoms with Crippen LogP contribution >= 0.6 is 0 Å². The maximum Gasteiger partial charge on any atom is 0.332 e. The SMILES string of the molecule is Cc1oc2ccccc2c1N1C(=O)C2C3CCC(C3)N2C1=O. The second-order valence-corrected chi connectivity index (χ2v) is 6.54. The van der Waals surface area contributed by atoms with E-state index in [2.05, 4.69) is 0 Å². The largest absolute Gasteiger partial charge is 0.459 e. The third-order valence-electron chi connectivity index (χ3n) is 5.43. The lowest BCUT2D eigenvalue weighted by molar-refractivity contribution is -0.120. The number of amides is 3. The van der Waals surface area contributed by atoms with Crippen molar-refractivity contribution in [3.05, 3.63) is 30.0 Å². The van der Waals surface area contributed by atoms with Crippen LogP contribution in [0.15, 0.2) is 28.7 Å². The molecule has 1 aromatic carbocycles. The number of hydrogen-bond acceptors (Lipinski definition) is 3. The molecule has 3 unspecified atom stereocenters. The summed E-state index contributed by atoms with van der Waals surface area (Å²) in [5.74, 6) is 0.883. The number of carbonyl (C=O) groups excluding carboxylic acids is 2.